The standard InChI is InChI=1S/C8H7F3.C7H12Cl2O/c1-6-3-2-4-7(5-6)8(9,10)11;1-3-6(4-8)7(9)5(2)10/h2-5H,1H3;6-7H,3-4H2,1-2H3. The number of carbonyl (C=O) groups is 1. The molecule has 0 spiro atoms. The van der Waals surface area contributed by atoms with Gasteiger partial charge in [0, 0.05) is 5.88 Å². The molecule has 0 amide bonds. The maximum Gasteiger partial charge on any atom is 0.416 e. The summed E-state index contributed by atoms with van der Waals surface area (Å²) in [6.45, 7) is 5.10. The Kier molecular flexibility index (Phi) is 8.98. The van der Waals surface area contributed by atoms with Gasteiger partial charge in [0.1, 0.15) is 5.78 Å². The molecule has 0 radical (unpaired) electrons. The molecule has 120 valence electrons. The molecule has 1 rings (SSSR count). The van der Waals surface area contributed by atoms with Crippen molar-refractivity contribution in [2.75, 3.05) is 5.88 Å². The Morgan fingerprint density at radius 3 is 2.14 bits per heavy atom. The summed E-state index contributed by atoms with van der Waals surface area (Å²) in [7, 11) is 0. The van der Waals surface area contributed by atoms with E-state index < -0.39 is 17.1 Å². The van der Waals surface area contributed by atoms with E-state index in [1.54, 1.807) is 13.0 Å². The van der Waals surface area contributed by atoms with Crippen LogP contribution in [-0.4, -0.2) is 17.0 Å². The van der Waals surface area contributed by atoms with Crippen LogP contribution in [0.2, 0.25) is 0 Å². The van der Waals surface area contributed by atoms with Crippen LogP contribution in [0.15, 0.2) is 24.3 Å². The van der Waals surface area contributed by atoms with Crippen LogP contribution in [0.5, 0.6) is 0 Å². The van der Waals surface area contributed by atoms with Crippen molar-refractivity contribution in [1.82, 2.24) is 0 Å². The fourth-order valence-corrected chi connectivity index (χ4v) is 2.30. The van der Waals surface area contributed by atoms with Crippen molar-refractivity contribution < 1.29 is 18.0 Å². The molecular weight excluding hydrogens is 324 g/mol. The van der Waals surface area contributed by atoms with Crippen molar-refractivity contribution in [3.8, 4) is 0 Å². The summed E-state index contributed by atoms with van der Waals surface area (Å²) in [5.74, 6) is 0.597. The van der Waals surface area contributed by atoms with Crippen LogP contribution in [0.1, 0.15) is 31.4 Å². The lowest BCUT2D eigenvalue weighted by molar-refractivity contribution is -0.137. The highest BCUT2D eigenvalue weighted by Gasteiger charge is 2.29. The molecule has 0 N–H and O–H groups in total. The van der Waals surface area contributed by atoms with Gasteiger partial charge in [-0.3, -0.25) is 4.79 Å². The first-order chi connectivity index (χ1) is 9.63. The quantitative estimate of drug-likeness (QED) is 0.664. The Hall–Kier alpha value is -0.740. The third-order valence-corrected chi connectivity index (χ3v) is 3.93. The number of aryl methyl sites for hydroxylation is 1. The fraction of sp³-hybridized carbons (Fsp3) is 0.533. The normalized spacial score (nSPS) is 13.9. The number of hydrogen-bond acceptors (Lipinski definition) is 1. The molecule has 0 bridgehead atoms. The highest BCUT2D eigenvalue weighted by molar-refractivity contribution is 6.31. The molecule has 2 atom stereocenters. The van der Waals surface area contributed by atoms with Gasteiger partial charge in [-0.1, -0.05) is 37.1 Å². The number of alkyl halides is 5. The van der Waals surface area contributed by atoms with E-state index in [1.807, 2.05) is 6.92 Å². The van der Waals surface area contributed by atoms with E-state index in [1.165, 1.54) is 13.0 Å². The topological polar surface area (TPSA) is 17.1 Å². The van der Waals surface area contributed by atoms with Gasteiger partial charge in [-0.25, -0.2) is 0 Å². The number of halogens is 5. The molecule has 2 unspecified atom stereocenters. The smallest absolute Gasteiger partial charge is 0.298 e. The van der Waals surface area contributed by atoms with Gasteiger partial charge in [-0.15, -0.1) is 23.2 Å². The lowest BCUT2D eigenvalue weighted by Gasteiger charge is -2.14. The van der Waals surface area contributed by atoms with Crippen LogP contribution in [0.25, 0.3) is 0 Å². The predicted octanol–water partition coefficient (Wildman–Crippen LogP) is 5.46. The zero-order valence-electron chi connectivity index (χ0n) is 12.2. The average molecular weight is 343 g/mol. The molecule has 0 saturated carbocycles. The van der Waals surface area contributed by atoms with Gasteiger partial charge in [0.25, 0.3) is 0 Å². The minimum Gasteiger partial charge on any atom is -0.298 e. The molecule has 1 aromatic rings. The maximum absolute atomic E-state index is 12.0. The van der Waals surface area contributed by atoms with Crippen LogP contribution in [0.3, 0.4) is 0 Å². The van der Waals surface area contributed by atoms with Gasteiger partial charge in [-0.05, 0) is 25.8 Å². The second kappa shape index (κ2) is 9.31. The summed E-state index contributed by atoms with van der Waals surface area (Å²) in [5, 5.41) is -0.400. The van der Waals surface area contributed by atoms with Crippen molar-refractivity contribution in [2.24, 2.45) is 5.92 Å². The SMILES string of the molecule is CCC(CCl)C(Cl)C(C)=O.Cc1cccc(C(F)(F)F)c1. The van der Waals surface area contributed by atoms with E-state index in [2.05, 4.69) is 0 Å². The highest BCUT2D eigenvalue weighted by Crippen LogP contribution is 2.29. The van der Waals surface area contributed by atoms with Crippen molar-refractivity contribution in [3.63, 3.8) is 0 Å². The molecular formula is C15H19Cl2F3O. The number of benzene rings is 1. The molecule has 0 aliphatic heterocycles. The lowest BCUT2D eigenvalue weighted by atomic mass is 10.0. The first-order valence-corrected chi connectivity index (χ1v) is 7.44. The molecule has 1 nitrogen and oxygen atoms in total. The third kappa shape index (κ3) is 7.72. The second-order valence-electron chi connectivity index (χ2n) is 4.70. The van der Waals surface area contributed by atoms with Crippen molar-refractivity contribution in [1.29, 1.82) is 0 Å². The summed E-state index contributed by atoms with van der Waals surface area (Å²) < 4.78 is 35.9. The average Bonchev–Trinajstić information content (AvgIpc) is 2.39. The van der Waals surface area contributed by atoms with Crippen LogP contribution in [-0.2, 0) is 11.0 Å². The number of hydrogen-bond donors (Lipinski definition) is 0. The van der Waals surface area contributed by atoms with Gasteiger partial charge in [0.15, 0.2) is 0 Å². The maximum atomic E-state index is 12.0. The van der Waals surface area contributed by atoms with E-state index in [0.717, 1.165) is 18.6 Å². The molecule has 0 fully saturated rings. The molecule has 0 heterocycles. The van der Waals surface area contributed by atoms with Crippen LogP contribution < -0.4 is 0 Å². The summed E-state index contributed by atoms with van der Waals surface area (Å²) >= 11 is 11.3. The second-order valence-corrected chi connectivity index (χ2v) is 5.48. The van der Waals surface area contributed by atoms with E-state index in [9.17, 15) is 18.0 Å². The summed E-state index contributed by atoms with van der Waals surface area (Å²) in [6.07, 6.45) is -3.36. The van der Waals surface area contributed by atoms with E-state index >= 15 is 0 Å². The zero-order chi connectivity index (χ0) is 16.6. The number of rotatable bonds is 4. The Labute approximate surface area is 133 Å². The number of Topliss-reactive ketones (excluding diaryl/α,β-unsaturated/α-hetero) is 1. The molecule has 1 aromatic carbocycles. The van der Waals surface area contributed by atoms with Crippen molar-refractivity contribution in [2.45, 2.75) is 38.7 Å². The molecule has 0 saturated heterocycles. The van der Waals surface area contributed by atoms with E-state index in [0.29, 0.717) is 11.4 Å². The summed E-state index contributed by atoms with van der Waals surface area (Å²) in [4.78, 5) is 10.7. The van der Waals surface area contributed by atoms with Gasteiger partial charge >= 0.3 is 6.18 Å². The molecule has 21 heavy (non-hydrogen) atoms. The molecule has 0 aliphatic rings. The Bertz CT molecular complexity index is 443. The number of carbonyl (C=O) groups excluding carboxylic acids is 1. The highest BCUT2D eigenvalue weighted by atomic mass is 35.5. The minimum absolute atomic E-state index is 0.00849. The van der Waals surface area contributed by atoms with Gasteiger partial charge in [0.2, 0.25) is 0 Å². The molecule has 0 aromatic heterocycles. The minimum atomic E-state index is -4.22. The van der Waals surface area contributed by atoms with Crippen LogP contribution >= 0.6 is 23.2 Å². The van der Waals surface area contributed by atoms with Crippen LogP contribution in [0.4, 0.5) is 13.2 Å². The van der Waals surface area contributed by atoms with Crippen molar-refractivity contribution in [3.05, 3.63) is 35.4 Å². The number of ketones is 1. The Balaban J connectivity index is 0.000000384. The summed E-state index contributed by atoms with van der Waals surface area (Å²) in [6, 6.07) is 5.22. The zero-order valence-corrected chi connectivity index (χ0v) is 13.7. The third-order valence-electron chi connectivity index (χ3n) is 2.87. The largest absolute Gasteiger partial charge is 0.416 e. The molecule has 6 heteroatoms. The fourth-order valence-electron chi connectivity index (χ4n) is 1.55. The van der Waals surface area contributed by atoms with Gasteiger partial charge in [0.05, 0.1) is 10.9 Å². The Morgan fingerprint density at radius 2 is 1.90 bits per heavy atom. The predicted molar refractivity (Wildman–Crippen MR) is 81.0 cm³/mol. The summed E-state index contributed by atoms with van der Waals surface area (Å²) in [5.41, 5.74) is 0.0392. The van der Waals surface area contributed by atoms with E-state index in [-0.39, 0.29) is 11.7 Å². The van der Waals surface area contributed by atoms with E-state index in [4.69, 9.17) is 23.2 Å². The first-order valence-electron chi connectivity index (χ1n) is 6.47. The first kappa shape index (κ1) is 20.3. The van der Waals surface area contributed by atoms with Gasteiger partial charge in [-0.2, -0.15) is 13.2 Å². The Morgan fingerprint density at radius 1 is 1.33 bits per heavy atom. The van der Waals surface area contributed by atoms with Crippen LogP contribution in [0, 0.1) is 12.8 Å². The lowest BCUT2D eigenvalue weighted by Crippen LogP contribution is -2.22. The van der Waals surface area contributed by atoms with Crippen molar-refractivity contribution >= 4 is 29.0 Å². The molecule has 0 aliphatic carbocycles. The van der Waals surface area contributed by atoms with Gasteiger partial charge < -0.3 is 0 Å². The monoisotopic (exact) mass is 342 g/mol.